The zero-order valence-corrected chi connectivity index (χ0v) is 9.76. The number of piperazine rings is 1. The van der Waals surface area contributed by atoms with Gasteiger partial charge in [0.05, 0.1) is 6.54 Å². The van der Waals surface area contributed by atoms with Crippen LogP contribution < -0.4 is 0 Å². The van der Waals surface area contributed by atoms with E-state index >= 15 is 0 Å². The minimum Gasteiger partial charge on any atom is -0.343 e. The van der Waals surface area contributed by atoms with Crippen molar-refractivity contribution in [1.29, 1.82) is 5.26 Å². The largest absolute Gasteiger partial charge is 0.343 e. The maximum Gasteiger partial charge on any atom is 0.236 e. The highest BCUT2D eigenvalue weighted by Crippen LogP contribution is 2.08. The summed E-state index contributed by atoms with van der Waals surface area (Å²) in [6.45, 7) is 2.76. The number of pyridine rings is 1. The lowest BCUT2D eigenvalue weighted by molar-refractivity contribution is -0.134. The number of amides is 1. The van der Waals surface area contributed by atoms with E-state index in [1.54, 1.807) is 17.2 Å². The zero-order chi connectivity index (χ0) is 12.3. The minimum absolute atomic E-state index is 0.144. The first-order valence-corrected chi connectivity index (χ1v) is 5.50. The third-order valence-electron chi connectivity index (χ3n) is 2.88. The molecule has 88 valence electrons. The SMILES string of the molecule is CN1CCN(Cc2ccnc(C#N)c2)CC1=O. The minimum atomic E-state index is 0.144. The van der Waals surface area contributed by atoms with Crippen LogP contribution >= 0.6 is 0 Å². The molecule has 17 heavy (non-hydrogen) atoms. The molecule has 5 nitrogen and oxygen atoms in total. The maximum atomic E-state index is 11.5. The van der Waals surface area contributed by atoms with E-state index in [0.717, 1.165) is 18.7 Å². The number of rotatable bonds is 2. The van der Waals surface area contributed by atoms with Crippen molar-refractivity contribution in [3.05, 3.63) is 29.6 Å². The highest BCUT2D eigenvalue weighted by Gasteiger charge is 2.20. The lowest BCUT2D eigenvalue weighted by atomic mass is 10.2. The molecule has 0 radical (unpaired) electrons. The van der Waals surface area contributed by atoms with Gasteiger partial charge < -0.3 is 4.90 Å². The molecule has 1 fully saturated rings. The summed E-state index contributed by atoms with van der Waals surface area (Å²) < 4.78 is 0. The molecule has 0 saturated carbocycles. The molecule has 2 rings (SSSR count). The van der Waals surface area contributed by atoms with Crippen molar-refractivity contribution in [3.63, 3.8) is 0 Å². The van der Waals surface area contributed by atoms with Crippen molar-refractivity contribution in [1.82, 2.24) is 14.8 Å². The Morgan fingerprint density at radius 2 is 2.35 bits per heavy atom. The fourth-order valence-electron chi connectivity index (χ4n) is 1.83. The van der Waals surface area contributed by atoms with Gasteiger partial charge >= 0.3 is 0 Å². The lowest BCUT2D eigenvalue weighted by Crippen LogP contribution is -2.47. The molecule has 0 spiro atoms. The van der Waals surface area contributed by atoms with Crippen LogP contribution in [0, 0.1) is 11.3 Å². The highest BCUT2D eigenvalue weighted by molar-refractivity contribution is 5.78. The van der Waals surface area contributed by atoms with Crippen LogP contribution in [0.5, 0.6) is 0 Å². The van der Waals surface area contributed by atoms with Crippen molar-refractivity contribution in [2.45, 2.75) is 6.54 Å². The van der Waals surface area contributed by atoms with Crippen LogP contribution in [0.1, 0.15) is 11.3 Å². The second-order valence-electron chi connectivity index (χ2n) is 4.19. The van der Waals surface area contributed by atoms with Gasteiger partial charge in [0.1, 0.15) is 11.8 Å². The smallest absolute Gasteiger partial charge is 0.236 e. The molecule has 5 heteroatoms. The lowest BCUT2D eigenvalue weighted by Gasteiger charge is -2.31. The third-order valence-corrected chi connectivity index (χ3v) is 2.88. The van der Waals surface area contributed by atoms with E-state index in [1.807, 2.05) is 19.2 Å². The molecule has 1 amide bonds. The summed E-state index contributed by atoms with van der Waals surface area (Å²) in [7, 11) is 1.82. The summed E-state index contributed by atoms with van der Waals surface area (Å²) in [5.41, 5.74) is 1.44. The molecule has 2 heterocycles. The average molecular weight is 230 g/mol. The second-order valence-corrected chi connectivity index (χ2v) is 4.19. The first-order valence-electron chi connectivity index (χ1n) is 5.50. The van der Waals surface area contributed by atoms with E-state index in [1.165, 1.54) is 0 Å². The van der Waals surface area contributed by atoms with Crippen LogP contribution in [0.4, 0.5) is 0 Å². The predicted molar refractivity (Wildman–Crippen MR) is 61.9 cm³/mol. The highest BCUT2D eigenvalue weighted by atomic mass is 16.2. The molecule has 1 aliphatic rings. The molecular weight excluding hydrogens is 216 g/mol. The molecule has 1 aromatic heterocycles. The molecule has 1 aliphatic heterocycles. The number of carbonyl (C=O) groups excluding carboxylic acids is 1. The molecule has 0 bridgehead atoms. The van der Waals surface area contributed by atoms with Crippen LogP contribution in [0.15, 0.2) is 18.3 Å². The van der Waals surface area contributed by atoms with E-state index in [0.29, 0.717) is 18.8 Å². The monoisotopic (exact) mass is 230 g/mol. The van der Waals surface area contributed by atoms with Gasteiger partial charge in [0.25, 0.3) is 0 Å². The molecular formula is C12H14N4O. The van der Waals surface area contributed by atoms with Gasteiger partial charge in [0, 0.05) is 32.9 Å². The number of hydrogen-bond acceptors (Lipinski definition) is 4. The Balaban J connectivity index is 2.01. The number of likely N-dealkylation sites (N-methyl/N-ethyl adjacent to an activating group) is 1. The predicted octanol–water partition coefficient (Wildman–Crippen LogP) is 0.227. The summed E-state index contributed by atoms with van der Waals surface area (Å²) >= 11 is 0. The number of carbonyl (C=O) groups is 1. The van der Waals surface area contributed by atoms with Crippen molar-refractivity contribution in [3.8, 4) is 6.07 Å². The Labute approximate surface area is 100 Å². The Hall–Kier alpha value is -1.93. The van der Waals surface area contributed by atoms with E-state index in [4.69, 9.17) is 5.26 Å². The van der Waals surface area contributed by atoms with Crippen molar-refractivity contribution < 1.29 is 4.79 Å². The summed E-state index contributed by atoms with van der Waals surface area (Å²) in [4.78, 5) is 19.3. The van der Waals surface area contributed by atoms with E-state index in [2.05, 4.69) is 9.88 Å². The van der Waals surface area contributed by atoms with Gasteiger partial charge in [-0.3, -0.25) is 9.69 Å². The van der Waals surface area contributed by atoms with Gasteiger partial charge in [0.15, 0.2) is 0 Å². The van der Waals surface area contributed by atoms with Crippen LogP contribution in [0.2, 0.25) is 0 Å². The van der Waals surface area contributed by atoms with E-state index in [-0.39, 0.29) is 5.91 Å². The molecule has 0 N–H and O–H groups in total. The molecule has 0 aliphatic carbocycles. The van der Waals surface area contributed by atoms with Crippen LogP contribution in [-0.2, 0) is 11.3 Å². The number of aromatic nitrogens is 1. The van der Waals surface area contributed by atoms with Crippen LogP contribution in [0.25, 0.3) is 0 Å². The van der Waals surface area contributed by atoms with Gasteiger partial charge in [-0.2, -0.15) is 5.26 Å². The van der Waals surface area contributed by atoms with Gasteiger partial charge in [-0.05, 0) is 17.7 Å². The Morgan fingerprint density at radius 3 is 3.06 bits per heavy atom. The number of hydrogen-bond donors (Lipinski definition) is 0. The fourth-order valence-corrected chi connectivity index (χ4v) is 1.83. The first-order chi connectivity index (χ1) is 8.19. The van der Waals surface area contributed by atoms with E-state index in [9.17, 15) is 4.79 Å². The normalized spacial score (nSPS) is 16.9. The summed E-state index contributed by atoms with van der Waals surface area (Å²) in [6.07, 6.45) is 1.63. The summed E-state index contributed by atoms with van der Waals surface area (Å²) in [6, 6.07) is 5.66. The second kappa shape index (κ2) is 4.93. The topological polar surface area (TPSA) is 60.2 Å². The van der Waals surface area contributed by atoms with Gasteiger partial charge in [-0.25, -0.2) is 4.98 Å². The molecule has 0 unspecified atom stereocenters. The van der Waals surface area contributed by atoms with Crippen LogP contribution in [-0.4, -0.2) is 47.4 Å². The van der Waals surface area contributed by atoms with Crippen molar-refractivity contribution in [2.75, 3.05) is 26.7 Å². The number of nitriles is 1. The standard InChI is InChI=1S/C12H14N4O/c1-15-4-5-16(9-12(15)17)8-10-2-3-14-11(6-10)7-13/h2-3,6H,4-5,8-9H2,1H3. The maximum absolute atomic E-state index is 11.5. The van der Waals surface area contributed by atoms with Crippen molar-refractivity contribution >= 4 is 5.91 Å². The number of nitrogens with zero attached hydrogens (tertiary/aromatic N) is 4. The van der Waals surface area contributed by atoms with Crippen molar-refractivity contribution in [2.24, 2.45) is 0 Å². The molecule has 1 aromatic rings. The Morgan fingerprint density at radius 1 is 1.53 bits per heavy atom. The zero-order valence-electron chi connectivity index (χ0n) is 9.76. The summed E-state index contributed by atoms with van der Waals surface area (Å²) in [5.74, 6) is 0.144. The first kappa shape index (κ1) is 11.6. The molecule has 0 atom stereocenters. The Bertz CT molecular complexity index is 466. The van der Waals surface area contributed by atoms with Gasteiger partial charge in [0.2, 0.25) is 5.91 Å². The fraction of sp³-hybridized carbons (Fsp3) is 0.417. The average Bonchev–Trinajstić information content (AvgIpc) is 2.34. The van der Waals surface area contributed by atoms with Gasteiger partial charge in [-0.15, -0.1) is 0 Å². The van der Waals surface area contributed by atoms with Gasteiger partial charge in [-0.1, -0.05) is 0 Å². The summed E-state index contributed by atoms with van der Waals surface area (Å²) in [5, 5.41) is 8.76. The Kier molecular flexibility index (Phi) is 3.35. The quantitative estimate of drug-likeness (QED) is 0.729. The molecule has 0 aromatic carbocycles. The third kappa shape index (κ3) is 2.80. The van der Waals surface area contributed by atoms with Crippen LogP contribution in [0.3, 0.4) is 0 Å². The van der Waals surface area contributed by atoms with E-state index < -0.39 is 0 Å². The molecule has 1 saturated heterocycles.